The van der Waals surface area contributed by atoms with Crippen molar-refractivity contribution < 1.29 is 9.59 Å². The number of anilines is 3. The number of ketones is 1. The van der Waals surface area contributed by atoms with Gasteiger partial charge >= 0.3 is 0 Å². The first-order chi connectivity index (χ1) is 14.3. The average Bonchev–Trinajstić information content (AvgIpc) is 2.81. The summed E-state index contributed by atoms with van der Waals surface area (Å²) in [5, 5.41) is 0. The largest absolute Gasteiger partial charge is 0.311 e. The van der Waals surface area contributed by atoms with Crippen molar-refractivity contribution >= 4 is 29.1 Å². The molecule has 0 aliphatic carbocycles. The van der Waals surface area contributed by atoms with E-state index in [1.807, 2.05) is 48.5 Å². The molecule has 0 atom stereocenters. The number of para-hydroxylation sites is 2. The Bertz CT molecular complexity index is 1060. The molecule has 4 aromatic carbocycles. The molecule has 0 fully saturated rings. The lowest BCUT2D eigenvalue weighted by atomic mass is 10.0. The van der Waals surface area contributed by atoms with Gasteiger partial charge in [0, 0.05) is 22.6 Å². The molecule has 0 heterocycles. The number of hydrogen-bond acceptors (Lipinski definition) is 3. The summed E-state index contributed by atoms with van der Waals surface area (Å²) >= 11 is 0. The van der Waals surface area contributed by atoms with Crippen LogP contribution < -0.4 is 4.90 Å². The third kappa shape index (κ3) is 3.99. The first-order valence-electron chi connectivity index (χ1n) is 9.36. The second kappa shape index (κ2) is 8.36. The number of rotatable bonds is 6. The molecule has 0 saturated heterocycles. The van der Waals surface area contributed by atoms with Crippen molar-refractivity contribution in [1.82, 2.24) is 0 Å². The highest BCUT2D eigenvalue weighted by Gasteiger charge is 2.12. The molecule has 0 radical (unpaired) electrons. The lowest BCUT2D eigenvalue weighted by molar-refractivity contribution is -0.104. The lowest BCUT2D eigenvalue weighted by Gasteiger charge is -2.25. The molecule has 0 amide bonds. The molecule has 3 heteroatoms. The predicted octanol–water partition coefficient (Wildman–Crippen LogP) is 6.21. The Morgan fingerprint density at radius 2 is 0.966 bits per heavy atom. The third-order valence-corrected chi connectivity index (χ3v) is 4.76. The van der Waals surface area contributed by atoms with Crippen LogP contribution in [0.4, 0.5) is 17.1 Å². The van der Waals surface area contributed by atoms with Crippen LogP contribution in [0.2, 0.25) is 0 Å². The molecular formula is C26H19NO2. The highest BCUT2D eigenvalue weighted by Crippen LogP contribution is 2.35. The molecule has 29 heavy (non-hydrogen) atoms. The molecule has 0 spiro atoms. The standard InChI is InChI=1S/C26H19NO2/c28-19-26(29)22-13-11-20(12-14-22)21-15-17-25(18-16-21)27(23-7-3-1-4-8-23)24-9-5-2-6-10-24/h1-19H. The van der Waals surface area contributed by atoms with Crippen molar-refractivity contribution in [3.8, 4) is 11.1 Å². The number of nitrogens with zero attached hydrogens (tertiary/aromatic N) is 1. The number of carbonyl (C=O) groups excluding carboxylic acids is 2. The number of Topliss-reactive ketones (excluding diaryl/α,β-unsaturated/α-hetero) is 1. The monoisotopic (exact) mass is 377 g/mol. The van der Waals surface area contributed by atoms with Crippen LogP contribution in [0.15, 0.2) is 109 Å². The first-order valence-corrected chi connectivity index (χ1v) is 9.36. The van der Waals surface area contributed by atoms with E-state index in [4.69, 9.17) is 0 Å². The van der Waals surface area contributed by atoms with Gasteiger partial charge in [-0.25, -0.2) is 0 Å². The zero-order chi connectivity index (χ0) is 20.1. The normalized spacial score (nSPS) is 10.3. The fourth-order valence-corrected chi connectivity index (χ4v) is 3.30. The van der Waals surface area contributed by atoms with E-state index in [-0.39, 0.29) is 0 Å². The Labute approximate surface area is 169 Å². The zero-order valence-corrected chi connectivity index (χ0v) is 15.7. The average molecular weight is 377 g/mol. The van der Waals surface area contributed by atoms with Crippen LogP contribution in [0.3, 0.4) is 0 Å². The van der Waals surface area contributed by atoms with Crippen molar-refractivity contribution in [3.05, 3.63) is 115 Å². The molecule has 0 N–H and O–H groups in total. The van der Waals surface area contributed by atoms with E-state index in [0.717, 1.165) is 28.2 Å². The highest BCUT2D eigenvalue weighted by atomic mass is 16.2. The molecule has 0 aliphatic rings. The molecule has 0 aliphatic heterocycles. The summed E-state index contributed by atoms with van der Waals surface area (Å²) in [6.45, 7) is 0. The molecular weight excluding hydrogens is 358 g/mol. The summed E-state index contributed by atoms with van der Waals surface area (Å²) in [6.07, 6.45) is 0.339. The molecule has 0 saturated carbocycles. The minimum Gasteiger partial charge on any atom is -0.311 e. The van der Waals surface area contributed by atoms with Gasteiger partial charge in [-0.15, -0.1) is 0 Å². The van der Waals surface area contributed by atoms with Gasteiger partial charge in [-0.1, -0.05) is 72.8 Å². The Morgan fingerprint density at radius 3 is 1.41 bits per heavy atom. The van der Waals surface area contributed by atoms with Gasteiger partial charge < -0.3 is 4.90 Å². The maximum Gasteiger partial charge on any atom is 0.225 e. The van der Waals surface area contributed by atoms with Gasteiger partial charge in [-0.05, 0) is 47.5 Å². The smallest absolute Gasteiger partial charge is 0.225 e. The van der Waals surface area contributed by atoms with E-state index in [1.54, 1.807) is 12.1 Å². The molecule has 4 aromatic rings. The summed E-state index contributed by atoms with van der Waals surface area (Å²) in [5.74, 6) is -0.506. The van der Waals surface area contributed by atoms with Crippen molar-refractivity contribution in [2.45, 2.75) is 0 Å². The Balaban J connectivity index is 1.68. The summed E-state index contributed by atoms with van der Waals surface area (Å²) in [7, 11) is 0. The maximum atomic E-state index is 11.5. The molecule has 0 unspecified atom stereocenters. The van der Waals surface area contributed by atoms with Gasteiger partial charge in [0.15, 0.2) is 6.29 Å². The fraction of sp³-hybridized carbons (Fsp3) is 0. The molecule has 0 aromatic heterocycles. The van der Waals surface area contributed by atoms with E-state index < -0.39 is 5.78 Å². The minimum atomic E-state index is -0.506. The Hall–Kier alpha value is -3.98. The van der Waals surface area contributed by atoms with Crippen LogP contribution in [0.25, 0.3) is 11.1 Å². The fourth-order valence-electron chi connectivity index (χ4n) is 3.30. The molecule has 4 rings (SSSR count). The lowest BCUT2D eigenvalue weighted by Crippen LogP contribution is -2.09. The van der Waals surface area contributed by atoms with E-state index in [9.17, 15) is 9.59 Å². The molecule has 0 bridgehead atoms. The van der Waals surface area contributed by atoms with Crippen molar-refractivity contribution in [2.24, 2.45) is 0 Å². The van der Waals surface area contributed by atoms with Crippen molar-refractivity contribution in [2.75, 3.05) is 4.90 Å². The number of hydrogen-bond donors (Lipinski definition) is 0. The summed E-state index contributed by atoms with van der Waals surface area (Å²) in [5.41, 5.74) is 5.66. The van der Waals surface area contributed by atoms with Crippen molar-refractivity contribution in [1.29, 1.82) is 0 Å². The highest BCUT2D eigenvalue weighted by molar-refractivity contribution is 6.33. The Kier molecular flexibility index (Phi) is 5.30. The van der Waals surface area contributed by atoms with Crippen LogP contribution in [-0.2, 0) is 4.79 Å². The first kappa shape index (κ1) is 18.4. The summed E-state index contributed by atoms with van der Waals surface area (Å²) in [6, 6.07) is 35.9. The maximum absolute atomic E-state index is 11.5. The van der Waals surface area contributed by atoms with Crippen LogP contribution in [0.1, 0.15) is 10.4 Å². The molecule has 140 valence electrons. The second-order valence-electron chi connectivity index (χ2n) is 6.61. The number of carbonyl (C=O) groups is 2. The van der Waals surface area contributed by atoms with Gasteiger partial charge in [0.2, 0.25) is 5.78 Å². The minimum absolute atomic E-state index is 0.339. The van der Waals surface area contributed by atoms with Gasteiger partial charge in [-0.2, -0.15) is 0 Å². The van der Waals surface area contributed by atoms with E-state index >= 15 is 0 Å². The van der Waals surface area contributed by atoms with Gasteiger partial charge in [-0.3, -0.25) is 9.59 Å². The van der Waals surface area contributed by atoms with Crippen LogP contribution in [0.5, 0.6) is 0 Å². The van der Waals surface area contributed by atoms with Crippen molar-refractivity contribution in [3.63, 3.8) is 0 Å². The van der Waals surface area contributed by atoms with E-state index in [2.05, 4.69) is 53.4 Å². The van der Waals surface area contributed by atoms with Crippen LogP contribution in [0, 0.1) is 0 Å². The molecule has 3 nitrogen and oxygen atoms in total. The summed E-state index contributed by atoms with van der Waals surface area (Å²) in [4.78, 5) is 24.3. The summed E-state index contributed by atoms with van der Waals surface area (Å²) < 4.78 is 0. The quantitative estimate of drug-likeness (QED) is 0.228. The van der Waals surface area contributed by atoms with Gasteiger partial charge in [0.1, 0.15) is 0 Å². The van der Waals surface area contributed by atoms with E-state index in [1.165, 1.54) is 0 Å². The number of aldehydes is 1. The van der Waals surface area contributed by atoms with Crippen LogP contribution >= 0.6 is 0 Å². The number of benzene rings is 4. The van der Waals surface area contributed by atoms with E-state index in [0.29, 0.717) is 11.8 Å². The zero-order valence-electron chi connectivity index (χ0n) is 15.7. The second-order valence-corrected chi connectivity index (χ2v) is 6.61. The third-order valence-electron chi connectivity index (χ3n) is 4.76. The topological polar surface area (TPSA) is 37.4 Å². The Morgan fingerprint density at radius 1 is 0.552 bits per heavy atom. The van der Waals surface area contributed by atoms with Crippen LogP contribution in [-0.4, -0.2) is 12.1 Å². The SMILES string of the molecule is O=CC(=O)c1ccc(-c2ccc(N(c3ccccc3)c3ccccc3)cc2)cc1. The van der Waals surface area contributed by atoms with Gasteiger partial charge in [0.25, 0.3) is 0 Å². The predicted molar refractivity (Wildman–Crippen MR) is 117 cm³/mol. The van der Waals surface area contributed by atoms with Gasteiger partial charge in [0.05, 0.1) is 0 Å².